The van der Waals surface area contributed by atoms with Gasteiger partial charge < -0.3 is 10.6 Å². The molecule has 1 heterocycles. The summed E-state index contributed by atoms with van der Waals surface area (Å²) in [6.45, 7) is 2.83. The molecule has 0 saturated heterocycles. The van der Waals surface area contributed by atoms with Crippen LogP contribution in [0.4, 0.5) is 15.8 Å². The molecule has 0 radical (unpaired) electrons. The van der Waals surface area contributed by atoms with Crippen LogP contribution in [0.15, 0.2) is 29.6 Å². The molecular formula is C13H15FN2S. The average molecular weight is 250 g/mol. The van der Waals surface area contributed by atoms with Crippen LogP contribution in [0.25, 0.3) is 0 Å². The predicted octanol–water partition coefficient (Wildman–Crippen LogP) is 3.41. The van der Waals surface area contributed by atoms with Crippen molar-refractivity contribution in [1.29, 1.82) is 0 Å². The third-order valence-corrected chi connectivity index (χ3v) is 3.80. The van der Waals surface area contributed by atoms with E-state index in [1.165, 1.54) is 16.5 Å². The summed E-state index contributed by atoms with van der Waals surface area (Å²) in [6.07, 6.45) is 0. The zero-order valence-corrected chi connectivity index (χ0v) is 10.7. The van der Waals surface area contributed by atoms with Crippen molar-refractivity contribution >= 4 is 22.7 Å². The number of halogens is 1. The van der Waals surface area contributed by atoms with Gasteiger partial charge in [0.15, 0.2) is 0 Å². The lowest BCUT2D eigenvalue weighted by molar-refractivity contribution is 0.632. The summed E-state index contributed by atoms with van der Waals surface area (Å²) < 4.78 is 13.3. The summed E-state index contributed by atoms with van der Waals surface area (Å²) in [5.74, 6) is -0.364. The number of benzene rings is 1. The first-order chi connectivity index (χ1) is 8.09. The van der Waals surface area contributed by atoms with Gasteiger partial charge in [-0.15, -0.1) is 11.3 Å². The number of nitrogens with zero attached hydrogens (tertiary/aromatic N) is 1. The fourth-order valence-electron chi connectivity index (χ4n) is 1.73. The second kappa shape index (κ2) is 4.75. The number of nitrogens with two attached hydrogens (primary N) is 1. The minimum absolute atomic E-state index is 0.212. The highest BCUT2D eigenvalue weighted by molar-refractivity contribution is 7.10. The Morgan fingerprint density at radius 2 is 2.12 bits per heavy atom. The predicted molar refractivity (Wildman–Crippen MR) is 72.0 cm³/mol. The molecule has 1 aromatic heterocycles. The van der Waals surface area contributed by atoms with Gasteiger partial charge >= 0.3 is 0 Å². The topological polar surface area (TPSA) is 29.3 Å². The summed E-state index contributed by atoms with van der Waals surface area (Å²) in [4.78, 5) is 3.24. The molecule has 2 rings (SSSR count). The van der Waals surface area contributed by atoms with Crippen LogP contribution in [0.3, 0.4) is 0 Å². The number of aryl methyl sites for hydroxylation is 1. The molecule has 4 heteroatoms. The number of hydrogen-bond donors (Lipinski definition) is 1. The van der Waals surface area contributed by atoms with Gasteiger partial charge in [0, 0.05) is 11.9 Å². The zero-order valence-electron chi connectivity index (χ0n) is 9.90. The van der Waals surface area contributed by atoms with Gasteiger partial charge in [0.05, 0.1) is 17.9 Å². The molecule has 2 aromatic rings. The Kier molecular flexibility index (Phi) is 3.33. The smallest absolute Gasteiger partial charge is 0.148 e. The molecule has 0 aliphatic rings. The molecule has 0 saturated carbocycles. The van der Waals surface area contributed by atoms with Crippen molar-refractivity contribution in [1.82, 2.24) is 0 Å². The first-order valence-electron chi connectivity index (χ1n) is 5.37. The van der Waals surface area contributed by atoms with Crippen molar-refractivity contribution in [2.24, 2.45) is 0 Å². The van der Waals surface area contributed by atoms with Crippen molar-refractivity contribution in [3.63, 3.8) is 0 Å². The molecule has 2 N–H and O–H groups in total. The van der Waals surface area contributed by atoms with Gasteiger partial charge in [0.1, 0.15) is 5.82 Å². The summed E-state index contributed by atoms with van der Waals surface area (Å²) >= 11 is 1.71. The van der Waals surface area contributed by atoms with Crippen molar-refractivity contribution < 1.29 is 4.39 Å². The number of rotatable bonds is 3. The second-order valence-electron chi connectivity index (χ2n) is 4.06. The standard InChI is InChI=1S/C13H15FN2S/c1-9-6-7-17-12(9)8-16(2)11-5-3-4-10(14)13(11)15/h3-7H,8,15H2,1-2H3. The van der Waals surface area contributed by atoms with Crippen molar-refractivity contribution in [2.45, 2.75) is 13.5 Å². The van der Waals surface area contributed by atoms with Gasteiger partial charge in [-0.05, 0) is 36.1 Å². The third-order valence-electron chi connectivity index (χ3n) is 2.79. The van der Waals surface area contributed by atoms with E-state index in [9.17, 15) is 4.39 Å². The van der Waals surface area contributed by atoms with Crippen LogP contribution in [-0.4, -0.2) is 7.05 Å². The van der Waals surface area contributed by atoms with E-state index >= 15 is 0 Å². The first-order valence-corrected chi connectivity index (χ1v) is 6.25. The molecule has 90 valence electrons. The van der Waals surface area contributed by atoms with Gasteiger partial charge in [-0.2, -0.15) is 0 Å². The van der Waals surface area contributed by atoms with Gasteiger partial charge in [0.2, 0.25) is 0 Å². The van der Waals surface area contributed by atoms with Gasteiger partial charge in [-0.3, -0.25) is 0 Å². The number of thiophene rings is 1. The summed E-state index contributed by atoms with van der Waals surface area (Å²) in [5, 5.41) is 2.06. The van der Waals surface area contributed by atoms with Crippen molar-refractivity contribution in [2.75, 3.05) is 17.7 Å². The molecule has 2 nitrogen and oxygen atoms in total. The summed E-state index contributed by atoms with van der Waals surface area (Å²) in [5.41, 5.74) is 7.94. The van der Waals surface area contributed by atoms with Gasteiger partial charge in [-0.1, -0.05) is 6.07 Å². The van der Waals surface area contributed by atoms with Crippen LogP contribution in [0.5, 0.6) is 0 Å². The maximum atomic E-state index is 13.3. The molecule has 0 atom stereocenters. The SMILES string of the molecule is Cc1ccsc1CN(C)c1cccc(F)c1N. The molecular weight excluding hydrogens is 235 g/mol. The molecule has 0 amide bonds. The molecule has 1 aromatic carbocycles. The van der Waals surface area contributed by atoms with E-state index < -0.39 is 0 Å². The number of hydrogen-bond acceptors (Lipinski definition) is 3. The first kappa shape index (κ1) is 11.9. The van der Waals surface area contributed by atoms with Crippen LogP contribution < -0.4 is 10.6 Å². The van der Waals surface area contributed by atoms with E-state index in [0.717, 1.165) is 12.2 Å². The van der Waals surface area contributed by atoms with E-state index in [0.29, 0.717) is 0 Å². The highest BCUT2D eigenvalue weighted by Gasteiger charge is 2.10. The normalized spacial score (nSPS) is 10.5. The summed E-state index contributed by atoms with van der Waals surface area (Å²) in [7, 11) is 1.92. The molecule has 0 spiro atoms. The number of para-hydroxylation sites is 1. The minimum Gasteiger partial charge on any atom is -0.395 e. The Morgan fingerprint density at radius 1 is 1.35 bits per heavy atom. The van der Waals surface area contributed by atoms with Crippen LogP contribution in [0.1, 0.15) is 10.4 Å². The highest BCUT2D eigenvalue weighted by Crippen LogP contribution is 2.27. The van der Waals surface area contributed by atoms with Crippen LogP contribution >= 0.6 is 11.3 Å². The molecule has 0 unspecified atom stereocenters. The lowest BCUT2D eigenvalue weighted by atomic mass is 10.2. The quantitative estimate of drug-likeness (QED) is 0.846. The maximum Gasteiger partial charge on any atom is 0.148 e. The Balaban J connectivity index is 2.23. The molecule has 0 bridgehead atoms. The van der Waals surface area contributed by atoms with Crippen molar-refractivity contribution in [3.8, 4) is 0 Å². The van der Waals surface area contributed by atoms with Gasteiger partial charge in [0.25, 0.3) is 0 Å². The highest BCUT2D eigenvalue weighted by atomic mass is 32.1. The Hall–Kier alpha value is -1.55. The van der Waals surface area contributed by atoms with Crippen LogP contribution in [0.2, 0.25) is 0 Å². The van der Waals surface area contributed by atoms with E-state index in [2.05, 4.69) is 18.4 Å². The second-order valence-corrected chi connectivity index (χ2v) is 5.06. The zero-order chi connectivity index (χ0) is 12.4. The molecule has 0 aliphatic heterocycles. The molecule has 0 aliphatic carbocycles. The van der Waals surface area contributed by atoms with Gasteiger partial charge in [-0.25, -0.2) is 4.39 Å². The largest absolute Gasteiger partial charge is 0.395 e. The fraction of sp³-hybridized carbons (Fsp3) is 0.231. The monoisotopic (exact) mass is 250 g/mol. The lowest BCUT2D eigenvalue weighted by Crippen LogP contribution is -2.18. The van der Waals surface area contributed by atoms with E-state index in [1.54, 1.807) is 17.4 Å². The maximum absolute atomic E-state index is 13.3. The van der Waals surface area contributed by atoms with E-state index in [4.69, 9.17) is 5.73 Å². The Bertz CT molecular complexity index is 522. The van der Waals surface area contributed by atoms with Crippen molar-refractivity contribution in [3.05, 3.63) is 45.9 Å². The lowest BCUT2D eigenvalue weighted by Gasteiger charge is -2.21. The Morgan fingerprint density at radius 3 is 2.76 bits per heavy atom. The van der Waals surface area contributed by atoms with E-state index in [1.807, 2.05) is 18.0 Å². The van der Waals surface area contributed by atoms with Crippen LogP contribution in [0, 0.1) is 12.7 Å². The fourth-order valence-corrected chi connectivity index (χ4v) is 2.68. The third kappa shape index (κ3) is 2.42. The van der Waals surface area contributed by atoms with Crippen LogP contribution in [-0.2, 0) is 6.54 Å². The number of anilines is 2. The molecule has 0 fully saturated rings. The minimum atomic E-state index is -0.364. The van der Waals surface area contributed by atoms with E-state index in [-0.39, 0.29) is 11.5 Å². The average Bonchev–Trinajstić information content (AvgIpc) is 2.68. The molecule has 17 heavy (non-hydrogen) atoms. The Labute approximate surface area is 104 Å². The summed E-state index contributed by atoms with van der Waals surface area (Å²) in [6, 6.07) is 6.98. The number of nitrogen functional groups attached to an aromatic ring is 1.